The van der Waals surface area contributed by atoms with Crippen molar-refractivity contribution < 1.29 is 17.6 Å². The van der Waals surface area contributed by atoms with E-state index in [1.807, 2.05) is 4.90 Å². The van der Waals surface area contributed by atoms with E-state index in [1.54, 1.807) is 0 Å². The summed E-state index contributed by atoms with van der Waals surface area (Å²) >= 11 is 0. The average molecular weight is 326 g/mol. The van der Waals surface area contributed by atoms with Crippen LogP contribution in [0.2, 0.25) is 0 Å². The van der Waals surface area contributed by atoms with Crippen molar-refractivity contribution in [3.05, 3.63) is 42.0 Å². The fraction of sp³-hybridized carbons (Fsp3) is 0.333. The summed E-state index contributed by atoms with van der Waals surface area (Å²) in [4.78, 5) is 10.4. The summed E-state index contributed by atoms with van der Waals surface area (Å²) in [6, 6.07) is 2.89. The molecule has 1 aliphatic heterocycles. The van der Waals surface area contributed by atoms with E-state index in [0.29, 0.717) is 24.6 Å². The van der Waals surface area contributed by atoms with Gasteiger partial charge in [0.1, 0.15) is 11.5 Å². The Balaban J connectivity index is 2.05. The summed E-state index contributed by atoms with van der Waals surface area (Å²) in [7, 11) is 0. The highest BCUT2D eigenvalue weighted by atomic mass is 19.4. The number of hydrogen-bond donors (Lipinski definition) is 1. The Kier molecular flexibility index (Phi) is 4.16. The van der Waals surface area contributed by atoms with E-state index in [9.17, 15) is 17.6 Å². The van der Waals surface area contributed by atoms with Crippen molar-refractivity contribution in [2.45, 2.75) is 6.18 Å². The van der Waals surface area contributed by atoms with E-state index >= 15 is 0 Å². The molecule has 8 heteroatoms. The number of rotatable bonds is 2. The number of alkyl halides is 3. The Morgan fingerprint density at radius 2 is 1.74 bits per heavy atom. The van der Waals surface area contributed by atoms with Crippen LogP contribution in [0.25, 0.3) is 11.3 Å². The maximum atomic E-state index is 13.5. The van der Waals surface area contributed by atoms with Gasteiger partial charge in [-0.05, 0) is 18.2 Å². The van der Waals surface area contributed by atoms with Gasteiger partial charge in [0.2, 0.25) is 0 Å². The van der Waals surface area contributed by atoms with Crippen LogP contribution in [0.1, 0.15) is 5.56 Å². The SMILES string of the molecule is Fc1ccc(-c2nccnc2N2CCNCC2)cc1C(F)(F)F. The normalized spacial score (nSPS) is 15.7. The van der Waals surface area contributed by atoms with Crippen LogP contribution < -0.4 is 10.2 Å². The highest BCUT2D eigenvalue weighted by Gasteiger charge is 2.34. The molecule has 0 spiro atoms. The molecule has 4 nitrogen and oxygen atoms in total. The number of halogens is 4. The van der Waals surface area contributed by atoms with Gasteiger partial charge >= 0.3 is 6.18 Å². The third-order valence-corrected chi connectivity index (χ3v) is 3.64. The van der Waals surface area contributed by atoms with Crippen molar-refractivity contribution in [2.24, 2.45) is 0 Å². The number of aromatic nitrogens is 2. The molecule has 1 aliphatic rings. The molecule has 0 aliphatic carbocycles. The standard InChI is InChI=1S/C15H14F4N4/c16-12-2-1-10(9-11(12)15(17,18)19)13-14(22-4-3-21-13)23-7-5-20-6-8-23/h1-4,9,20H,5-8H2. The second-order valence-electron chi connectivity index (χ2n) is 5.16. The van der Waals surface area contributed by atoms with E-state index in [1.165, 1.54) is 18.5 Å². The van der Waals surface area contributed by atoms with Crippen molar-refractivity contribution in [2.75, 3.05) is 31.1 Å². The predicted octanol–water partition coefficient (Wildman–Crippen LogP) is 2.71. The lowest BCUT2D eigenvalue weighted by Gasteiger charge is -2.29. The molecule has 2 heterocycles. The van der Waals surface area contributed by atoms with E-state index in [4.69, 9.17) is 0 Å². The molecule has 3 rings (SSSR count). The monoisotopic (exact) mass is 326 g/mol. The number of nitrogens with zero attached hydrogens (tertiary/aromatic N) is 3. The zero-order valence-electron chi connectivity index (χ0n) is 12.1. The van der Waals surface area contributed by atoms with Crippen molar-refractivity contribution in [1.82, 2.24) is 15.3 Å². The fourth-order valence-corrected chi connectivity index (χ4v) is 2.53. The van der Waals surface area contributed by atoms with Crippen LogP contribution in [0.15, 0.2) is 30.6 Å². The molecule has 0 saturated carbocycles. The van der Waals surface area contributed by atoms with Crippen LogP contribution in [0, 0.1) is 5.82 Å². The summed E-state index contributed by atoms with van der Waals surface area (Å²) in [6.45, 7) is 2.87. The molecule has 2 aromatic rings. The van der Waals surface area contributed by atoms with Crippen molar-refractivity contribution in [3.63, 3.8) is 0 Å². The van der Waals surface area contributed by atoms with E-state index in [0.717, 1.165) is 25.2 Å². The summed E-state index contributed by atoms with van der Waals surface area (Å²) in [6.07, 6.45) is -1.84. The fourth-order valence-electron chi connectivity index (χ4n) is 2.53. The van der Waals surface area contributed by atoms with Crippen molar-refractivity contribution in [3.8, 4) is 11.3 Å². The zero-order valence-corrected chi connectivity index (χ0v) is 12.1. The van der Waals surface area contributed by atoms with Crippen LogP contribution in [0.3, 0.4) is 0 Å². The van der Waals surface area contributed by atoms with Gasteiger partial charge in [0, 0.05) is 44.1 Å². The number of piperazine rings is 1. The third kappa shape index (κ3) is 3.26. The molecule has 122 valence electrons. The van der Waals surface area contributed by atoms with Gasteiger partial charge in [0.25, 0.3) is 0 Å². The predicted molar refractivity (Wildman–Crippen MR) is 77.5 cm³/mol. The minimum absolute atomic E-state index is 0.195. The number of hydrogen-bond acceptors (Lipinski definition) is 4. The van der Waals surface area contributed by atoms with Gasteiger partial charge in [0.15, 0.2) is 5.82 Å². The van der Waals surface area contributed by atoms with Crippen LogP contribution in [-0.4, -0.2) is 36.1 Å². The highest BCUT2D eigenvalue weighted by Crippen LogP contribution is 2.35. The molecular weight excluding hydrogens is 312 g/mol. The van der Waals surface area contributed by atoms with Crippen LogP contribution in [-0.2, 0) is 6.18 Å². The van der Waals surface area contributed by atoms with E-state index < -0.39 is 17.6 Å². The second-order valence-corrected chi connectivity index (χ2v) is 5.16. The summed E-state index contributed by atoms with van der Waals surface area (Å²) in [5.41, 5.74) is -0.785. The van der Waals surface area contributed by atoms with Crippen molar-refractivity contribution >= 4 is 5.82 Å². The minimum atomic E-state index is -4.75. The highest BCUT2D eigenvalue weighted by molar-refractivity contribution is 5.72. The molecule has 0 amide bonds. The maximum absolute atomic E-state index is 13.5. The molecule has 1 aromatic heterocycles. The Bertz CT molecular complexity index is 696. The lowest BCUT2D eigenvalue weighted by molar-refractivity contribution is -0.139. The van der Waals surface area contributed by atoms with Gasteiger partial charge in [0.05, 0.1) is 5.56 Å². The van der Waals surface area contributed by atoms with Gasteiger partial charge in [-0.25, -0.2) is 9.37 Å². The lowest BCUT2D eigenvalue weighted by atomic mass is 10.1. The summed E-state index contributed by atoms with van der Waals surface area (Å²) < 4.78 is 52.2. The van der Waals surface area contributed by atoms with E-state index in [-0.39, 0.29) is 5.56 Å². The molecule has 0 atom stereocenters. The Hall–Kier alpha value is -2.22. The number of anilines is 1. The molecule has 23 heavy (non-hydrogen) atoms. The third-order valence-electron chi connectivity index (χ3n) is 3.64. The topological polar surface area (TPSA) is 41.1 Å². The van der Waals surface area contributed by atoms with Gasteiger partial charge in [-0.1, -0.05) is 0 Å². The van der Waals surface area contributed by atoms with Gasteiger partial charge < -0.3 is 10.2 Å². The molecular formula is C15H14F4N4. The quantitative estimate of drug-likeness (QED) is 0.862. The Morgan fingerprint density at radius 3 is 2.43 bits per heavy atom. The number of benzene rings is 1. The molecule has 1 fully saturated rings. The van der Waals surface area contributed by atoms with Crippen LogP contribution in [0.4, 0.5) is 23.4 Å². The lowest BCUT2D eigenvalue weighted by Crippen LogP contribution is -2.44. The van der Waals surface area contributed by atoms with Gasteiger partial charge in [-0.3, -0.25) is 4.98 Å². The smallest absolute Gasteiger partial charge is 0.352 e. The first-order valence-electron chi connectivity index (χ1n) is 7.10. The Morgan fingerprint density at radius 1 is 1.04 bits per heavy atom. The minimum Gasteiger partial charge on any atom is -0.352 e. The molecule has 1 N–H and O–H groups in total. The summed E-state index contributed by atoms with van der Waals surface area (Å²) in [5.74, 6) is -0.789. The van der Waals surface area contributed by atoms with E-state index in [2.05, 4.69) is 15.3 Å². The van der Waals surface area contributed by atoms with Crippen LogP contribution >= 0.6 is 0 Å². The first kappa shape index (κ1) is 15.7. The molecule has 1 saturated heterocycles. The zero-order chi connectivity index (χ0) is 16.4. The molecule has 1 aromatic carbocycles. The largest absolute Gasteiger partial charge is 0.419 e. The van der Waals surface area contributed by atoms with Gasteiger partial charge in [-0.2, -0.15) is 13.2 Å². The van der Waals surface area contributed by atoms with Crippen LogP contribution in [0.5, 0.6) is 0 Å². The second kappa shape index (κ2) is 6.11. The molecule has 0 radical (unpaired) electrons. The molecule has 0 bridgehead atoms. The first-order chi connectivity index (χ1) is 11.0. The molecule has 0 unspecified atom stereocenters. The number of nitrogens with one attached hydrogen (secondary N) is 1. The maximum Gasteiger partial charge on any atom is 0.419 e. The van der Waals surface area contributed by atoms with Gasteiger partial charge in [-0.15, -0.1) is 0 Å². The first-order valence-corrected chi connectivity index (χ1v) is 7.10. The average Bonchev–Trinajstić information content (AvgIpc) is 2.55. The van der Waals surface area contributed by atoms with Crippen molar-refractivity contribution in [1.29, 1.82) is 0 Å². The summed E-state index contributed by atoms with van der Waals surface area (Å²) in [5, 5.41) is 3.19. The Labute approximate surface area is 130 Å².